The van der Waals surface area contributed by atoms with Crippen molar-refractivity contribution in [3.05, 3.63) is 36.2 Å². The van der Waals surface area contributed by atoms with Crippen molar-refractivity contribution in [2.45, 2.75) is 47.6 Å². The number of aromatic nitrogens is 2. The Hall–Kier alpha value is -2.63. The fourth-order valence-electron chi connectivity index (χ4n) is 2.45. The predicted octanol–water partition coefficient (Wildman–Crippen LogP) is 7.10. The molecule has 0 unspecified atom stereocenters. The molecule has 2 nitrogen and oxygen atoms in total. The highest BCUT2D eigenvalue weighted by Crippen LogP contribution is 2.64. The minimum absolute atomic E-state index is 0.198. The highest BCUT2D eigenvalue weighted by molar-refractivity contribution is 5.74. The third-order valence-corrected chi connectivity index (χ3v) is 4.51. The minimum Gasteiger partial charge on any atom is -0.237 e. The lowest BCUT2D eigenvalue weighted by molar-refractivity contribution is -0.462. The summed E-state index contributed by atoms with van der Waals surface area (Å²) in [6.45, 7) is 0. The van der Waals surface area contributed by atoms with Crippen LogP contribution >= 0.6 is 0 Å². The van der Waals surface area contributed by atoms with E-state index in [0.717, 1.165) is 18.3 Å². The molecule has 0 aliphatic carbocycles. The van der Waals surface area contributed by atoms with Crippen LogP contribution < -0.4 is 0 Å². The van der Waals surface area contributed by atoms with Gasteiger partial charge in [-0.3, -0.25) is 0 Å². The average molecular weight is 548 g/mol. The van der Waals surface area contributed by atoms with Gasteiger partial charge in [0.05, 0.1) is 0 Å². The maximum atomic E-state index is 14.2. The Labute approximate surface area is 180 Å². The van der Waals surface area contributed by atoms with E-state index in [9.17, 15) is 74.6 Å². The van der Waals surface area contributed by atoms with Gasteiger partial charge in [-0.2, -0.15) is 74.6 Å². The molecule has 0 radical (unpaired) electrons. The van der Waals surface area contributed by atoms with Crippen molar-refractivity contribution in [2.75, 3.05) is 0 Å². The van der Waals surface area contributed by atoms with Crippen LogP contribution in [-0.2, 0) is 5.92 Å². The van der Waals surface area contributed by atoms with Gasteiger partial charge in [-0.25, -0.2) is 9.97 Å². The summed E-state index contributed by atoms with van der Waals surface area (Å²) in [7, 11) is 0. The lowest BCUT2D eigenvalue weighted by atomic mass is 9.88. The number of fused-ring (bicyclic) bond motifs is 1. The second-order valence-electron chi connectivity index (χ2n) is 6.77. The third kappa shape index (κ3) is 3.63. The third-order valence-electron chi connectivity index (χ3n) is 4.51. The lowest BCUT2D eigenvalue weighted by Crippen LogP contribution is -2.74. The van der Waals surface area contributed by atoms with Crippen LogP contribution in [0.5, 0.6) is 0 Å². The average Bonchev–Trinajstić information content (AvgIpc) is 2.71. The van der Waals surface area contributed by atoms with Gasteiger partial charge in [-0.1, -0.05) is 0 Å². The first-order valence-electron chi connectivity index (χ1n) is 8.26. The quantitative estimate of drug-likeness (QED) is 0.346. The molecular formula is C16H5F17N2. The molecule has 2 aromatic rings. The zero-order valence-electron chi connectivity index (χ0n) is 15.7. The van der Waals surface area contributed by atoms with Crippen molar-refractivity contribution in [2.24, 2.45) is 0 Å². The largest absolute Gasteiger partial charge is 0.460 e. The van der Waals surface area contributed by atoms with E-state index in [1.165, 1.54) is 0 Å². The molecule has 2 heterocycles. The number of hydrogen-bond acceptors (Lipinski definition) is 2. The van der Waals surface area contributed by atoms with E-state index < -0.39 is 59.0 Å². The molecule has 0 N–H and O–H groups in total. The van der Waals surface area contributed by atoms with Gasteiger partial charge in [0.1, 0.15) is 5.69 Å². The highest BCUT2D eigenvalue weighted by atomic mass is 19.4. The second-order valence-corrected chi connectivity index (χ2v) is 6.77. The SMILES string of the molecule is FC(F)(F)C(F)(F)C(F)(F)C(F)(F)C(F)(F)C(F)(F)C(F)(F)C(F)(F)c1ccc2cccnc2n1. The molecule has 0 aromatic carbocycles. The first kappa shape index (κ1) is 28.6. The summed E-state index contributed by atoms with van der Waals surface area (Å²) >= 11 is 0. The Morgan fingerprint density at radius 2 is 0.914 bits per heavy atom. The Balaban J connectivity index is 2.67. The Morgan fingerprint density at radius 3 is 1.37 bits per heavy atom. The lowest BCUT2D eigenvalue weighted by Gasteiger charge is -2.42. The number of rotatable bonds is 7. The molecule has 19 heteroatoms. The molecule has 2 aromatic heterocycles. The van der Waals surface area contributed by atoms with Crippen LogP contribution in [0, 0.1) is 0 Å². The summed E-state index contributed by atoms with van der Waals surface area (Å²) in [5.41, 5.74) is -3.45. The molecule has 0 atom stereocenters. The van der Waals surface area contributed by atoms with Crippen LogP contribution in [0.1, 0.15) is 5.69 Å². The molecule has 0 spiro atoms. The van der Waals surface area contributed by atoms with Gasteiger partial charge in [0.25, 0.3) is 0 Å². The number of pyridine rings is 2. The molecule has 0 amide bonds. The van der Waals surface area contributed by atoms with Crippen molar-refractivity contribution in [3.8, 4) is 0 Å². The number of hydrogen-bond donors (Lipinski definition) is 0. The van der Waals surface area contributed by atoms with E-state index >= 15 is 0 Å². The number of alkyl halides is 17. The van der Waals surface area contributed by atoms with Gasteiger partial charge in [-0.15, -0.1) is 0 Å². The summed E-state index contributed by atoms with van der Waals surface area (Å²) < 4.78 is 226. The van der Waals surface area contributed by atoms with E-state index in [-0.39, 0.29) is 11.5 Å². The Bertz CT molecular complexity index is 1090. The van der Waals surface area contributed by atoms with Crippen LogP contribution in [0.4, 0.5) is 74.6 Å². The van der Waals surface area contributed by atoms with Crippen LogP contribution in [0.3, 0.4) is 0 Å². The second kappa shape index (κ2) is 7.68. The Morgan fingerprint density at radius 1 is 0.486 bits per heavy atom. The van der Waals surface area contributed by atoms with Gasteiger partial charge in [0.2, 0.25) is 0 Å². The fourth-order valence-corrected chi connectivity index (χ4v) is 2.45. The van der Waals surface area contributed by atoms with Crippen LogP contribution in [0.15, 0.2) is 30.5 Å². The Kier molecular flexibility index (Phi) is 6.28. The molecule has 0 aliphatic heterocycles. The van der Waals surface area contributed by atoms with Crippen LogP contribution in [-0.4, -0.2) is 51.7 Å². The van der Waals surface area contributed by atoms with Gasteiger partial charge in [-0.05, 0) is 24.3 Å². The normalized spacial score (nSPS) is 15.6. The highest BCUT2D eigenvalue weighted by Gasteiger charge is 2.95. The van der Waals surface area contributed by atoms with Gasteiger partial charge in [0.15, 0.2) is 5.65 Å². The van der Waals surface area contributed by atoms with E-state index in [4.69, 9.17) is 0 Å². The summed E-state index contributed by atoms with van der Waals surface area (Å²) in [6.07, 6.45) is -7.00. The summed E-state index contributed by atoms with van der Waals surface area (Å²) in [5.74, 6) is -56.9. The predicted molar refractivity (Wildman–Crippen MR) is 79.2 cm³/mol. The van der Waals surface area contributed by atoms with Crippen molar-refractivity contribution in [1.82, 2.24) is 9.97 Å². The molecule has 0 bridgehead atoms. The zero-order valence-corrected chi connectivity index (χ0v) is 15.7. The molecular weight excluding hydrogens is 543 g/mol. The van der Waals surface area contributed by atoms with E-state index in [0.29, 0.717) is 6.07 Å². The summed E-state index contributed by atoms with van der Waals surface area (Å²) in [4.78, 5) is 5.90. The van der Waals surface area contributed by atoms with Gasteiger partial charge >= 0.3 is 47.6 Å². The van der Waals surface area contributed by atoms with Gasteiger partial charge in [0, 0.05) is 11.6 Å². The zero-order chi connectivity index (χ0) is 27.7. The van der Waals surface area contributed by atoms with Crippen molar-refractivity contribution in [1.29, 1.82) is 0 Å². The molecule has 0 aliphatic rings. The maximum absolute atomic E-state index is 14.2. The van der Waals surface area contributed by atoms with Crippen molar-refractivity contribution in [3.63, 3.8) is 0 Å². The summed E-state index contributed by atoms with van der Waals surface area (Å²) in [6, 6.07) is 2.42. The smallest absolute Gasteiger partial charge is 0.237 e. The molecule has 0 fully saturated rings. The van der Waals surface area contributed by atoms with E-state index in [1.807, 2.05) is 0 Å². The first-order chi connectivity index (χ1) is 15.3. The number of nitrogens with zero attached hydrogens (tertiary/aromatic N) is 2. The monoisotopic (exact) mass is 548 g/mol. The molecule has 2 rings (SSSR count). The molecule has 0 saturated heterocycles. The van der Waals surface area contributed by atoms with E-state index in [1.54, 1.807) is 0 Å². The fraction of sp³-hybridized carbons (Fsp3) is 0.500. The molecule has 35 heavy (non-hydrogen) atoms. The van der Waals surface area contributed by atoms with Crippen molar-refractivity contribution >= 4 is 11.0 Å². The molecule has 0 saturated carbocycles. The van der Waals surface area contributed by atoms with Crippen LogP contribution in [0.25, 0.3) is 11.0 Å². The summed E-state index contributed by atoms with van der Waals surface area (Å²) in [5, 5.41) is -0.229. The maximum Gasteiger partial charge on any atom is 0.460 e. The number of halogens is 17. The molecule has 198 valence electrons. The van der Waals surface area contributed by atoms with Gasteiger partial charge < -0.3 is 0 Å². The van der Waals surface area contributed by atoms with Crippen molar-refractivity contribution < 1.29 is 74.6 Å². The van der Waals surface area contributed by atoms with E-state index in [2.05, 4.69) is 9.97 Å². The first-order valence-corrected chi connectivity index (χ1v) is 8.26. The topological polar surface area (TPSA) is 25.8 Å². The van der Waals surface area contributed by atoms with Crippen LogP contribution in [0.2, 0.25) is 0 Å². The standard InChI is InChI=1S/C16H5F17N2/c17-9(18,7-4-3-6-2-1-5-34-8(6)35-7)10(19,20)11(21,22)12(23,24)13(25,26)14(27,28)15(29,30)16(31,32)33/h1-5H. The minimum atomic E-state index is -8.67.